The van der Waals surface area contributed by atoms with Gasteiger partial charge in [0.2, 0.25) is 0 Å². The highest BCUT2D eigenvalue weighted by atomic mass is 32.1. The molecule has 0 aliphatic carbocycles. The molecule has 1 aromatic heterocycles. The number of benzene rings is 2. The van der Waals surface area contributed by atoms with Gasteiger partial charge in [-0.3, -0.25) is 4.98 Å². The molecule has 1 heterocycles. The molecule has 0 amide bonds. The fourth-order valence-electron chi connectivity index (χ4n) is 2.41. The second-order valence-electron chi connectivity index (χ2n) is 5.15. The van der Waals surface area contributed by atoms with Crippen LogP contribution in [0.4, 0.5) is 5.69 Å². The minimum atomic E-state index is 0.217. The normalized spacial score (nSPS) is 10.3. The Balaban J connectivity index is 1.94. The number of hydrogen-bond acceptors (Lipinski definition) is 5. The van der Waals surface area contributed by atoms with Crippen LogP contribution in [0.1, 0.15) is 0 Å². The van der Waals surface area contributed by atoms with Gasteiger partial charge in [-0.1, -0.05) is 0 Å². The standard InChI is InChI=1S/C18H17N3O3S/c1-22-16-9-13-14(10-17(16)23-2)20-8-7-15(13)24-12-5-3-11(4-6-12)21-18(19)25/h3-10H,1-2H3,(H3,19,21,25). The molecule has 3 N–H and O–H groups in total. The van der Waals surface area contributed by atoms with Gasteiger partial charge in [-0.25, -0.2) is 0 Å². The topological polar surface area (TPSA) is 78.6 Å². The summed E-state index contributed by atoms with van der Waals surface area (Å²) in [6.45, 7) is 0. The first-order valence-electron chi connectivity index (χ1n) is 7.46. The first kappa shape index (κ1) is 16.8. The summed E-state index contributed by atoms with van der Waals surface area (Å²) in [5.74, 6) is 2.58. The minimum Gasteiger partial charge on any atom is -0.493 e. The molecular weight excluding hydrogens is 338 g/mol. The van der Waals surface area contributed by atoms with Crippen molar-refractivity contribution in [3.8, 4) is 23.0 Å². The Morgan fingerprint density at radius 2 is 1.68 bits per heavy atom. The molecule has 6 nitrogen and oxygen atoms in total. The molecule has 0 radical (unpaired) electrons. The van der Waals surface area contributed by atoms with Crippen molar-refractivity contribution >= 4 is 33.9 Å². The molecule has 3 rings (SSSR count). The van der Waals surface area contributed by atoms with Gasteiger partial charge < -0.3 is 25.3 Å². The summed E-state index contributed by atoms with van der Waals surface area (Å²) in [5, 5.41) is 3.91. The molecule has 0 bridgehead atoms. The van der Waals surface area contributed by atoms with E-state index in [-0.39, 0.29) is 5.11 Å². The van der Waals surface area contributed by atoms with Gasteiger partial charge >= 0.3 is 0 Å². The summed E-state index contributed by atoms with van der Waals surface area (Å²) < 4.78 is 16.7. The highest BCUT2D eigenvalue weighted by Gasteiger charge is 2.11. The molecule has 0 unspecified atom stereocenters. The third-order valence-corrected chi connectivity index (χ3v) is 3.66. The Morgan fingerprint density at radius 1 is 1.00 bits per heavy atom. The monoisotopic (exact) mass is 355 g/mol. The molecule has 0 atom stereocenters. The number of aromatic nitrogens is 1. The number of ether oxygens (including phenoxy) is 3. The first-order chi connectivity index (χ1) is 12.1. The molecule has 0 saturated carbocycles. The van der Waals surface area contributed by atoms with Crippen molar-refractivity contribution in [3.05, 3.63) is 48.7 Å². The predicted octanol–water partition coefficient (Wildman–Crippen LogP) is 3.70. The Labute approximate surface area is 150 Å². The number of nitrogens with one attached hydrogen (secondary N) is 1. The van der Waals surface area contributed by atoms with Crippen LogP contribution in [0.5, 0.6) is 23.0 Å². The van der Waals surface area contributed by atoms with E-state index in [4.69, 9.17) is 32.2 Å². The van der Waals surface area contributed by atoms with Gasteiger partial charge in [-0.15, -0.1) is 0 Å². The van der Waals surface area contributed by atoms with Crippen LogP contribution >= 0.6 is 12.2 Å². The zero-order valence-electron chi connectivity index (χ0n) is 13.8. The van der Waals surface area contributed by atoms with E-state index in [1.54, 1.807) is 26.5 Å². The fourth-order valence-corrected chi connectivity index (χ4v) is 2.53. The number of methoxy groups -OCH3 is 2. The highest BCUT2D eigenvalue weighted by molar-refractivity contribution is 7.80. The predicted molar refractivity (Wildman–Crippen MR) is 102 cm³/mol. The number of pyridine rings is 1. The third-order valence-electron chi connectivity index (χ3n) is 3.56. The summed E-state index contributed by atoms with van der Waals surface area (Å²) in [7, 11) is 3.18. The van der Waals surface area contributed by atoms with E-state index >= 15 is 0 Å². The van der Waals surface area contributed by atoms with Crippen molar-refractivity contribution < 1.29 is 14.2 Å². The van der Waals surface area contributed by atoms with Crippen LogP contribution in [-0.2, 0) is 0 Å². The van der Waals surface area contributed by atoms with E-state index in [0.717, 1.165) is 16.6 Å². The zero-order valence-corrected chi connectivity index (χ0v) is 14.6. The second-order valence-corrected chi connectivity index (χ2v) is 5.59. The van der Waals surface area contributed by atoms with Gasteiger partial charge in [-0.2, -0.15) is 0 Å². The van der Waals surface area contributed by atoms with Crippen LogP contribution in [0, 0.1) is 0 Å². The second kappa shape index (κ2) is 7.23. The SMILES string of the molecule is COc1cc2nccc(Oc3ccc(NC(N)=S)cc3)c2cc1OC. The number of nitrogens with two attached hydrogens (primary N) is 1. The lowest BCUT2D eigenvalue weighted by atomic mass is 10.2. The quantitative estimate of drug-likeness (QED) is 0.676. The fraction of sp³-hybridized carbons (Fsp3) is 0.111. The van der Waals surface area contributed by atoms with Gasteiger partial charge in [0.1, 0.15) is 11.5 Å². The lowest BCUT2D eigenvalue weighted by Gasteiger charge is -2.12. The number of hydrogen-bond donors (Lipinski definition) is 2. The van der Waals surface area contributed by atoms with Crippen molar-refractivity contribution in [3.63, 3.8) is 0 Å². The maximum absolute atomic E-state index is 6.00. The molecule has 0 aliphatic rings. The van der Waals surface area contributed by atoms with Gasteiger partial charge in [0, 0.05) is 23.3 Å². The van der Waals surface area contributed by atoms with Crippen molar-refractivity contribution in [1.29, 1.82) is 0 Å². The molecule has 25 heavy (non-hydrogen) atoms. The van der Waals surface area contributed by atoms with Crippen LogP contribution in [0.3, 0.4) is 0 Å². The lowest BCUT2D eigenvalue weighted by molar-refractivity contribution is 0.355. The summed E-state index contributed by atoms with van der Waals surface area (Å²) in [4.78, 5) is 4.36. The van der Waals surface area contributed by atoms with Crippen LogP contribution in [0.2, 0.25) is 0 Å². The van der Waals surface area contributed by atoms with Crippen LogP contribution in [-0.4, -0.2) is 24.3 Å². The average molecular weight is 355 g/mol. The summed E-state index contributed by atoms with van der Waals surface area (Å²) >= 11 is 4.82. The maximum atomic E-state index is 6.00. The summed E-state index contributed by atoms with van der Waals surface area (Å²) in [6.07, 6.45) is 1.69. The van der Waals surface area contributed by atoms with E-state index in [1.807, 2.05) is 36.4 Å². The molecule has 0 aliphatic heterocycles. The van der Waals surface area contributed by atoms with Gasteiger partial charge in [0.25, 0.3) is 0 Å². The van der Waals surface area contributed by atoms with Gasteiger partial charge in [-0.05, 0) is 48.6 Å². The van der Waals surface area contributed by atoms with Gasteiger partial charge in [0.05, 0.1) is 19.7 Å². The van der Waals surface area contributed by atoms with Crippen molar-refractivity contribution in [1.82, 2.24) is 4.98 Å². The Bertz CT molecular complexity index is 913. The first-order valence-corrected chi connectivity index (χ1v) is 7.86. The summed E-state index contributed by atoms with van der Waals surface area (Å²) in [6, 6.07) is 12.8. The van der Waals surface area contributed by atoms with Crippen LogP contribution in [0.25, 0.3) is 10.9 Å². The van der Waals surface area contributed by atoms with E-state index < -0.39 is 0 Å². The van der Waals surface area contributed by atoms with Crippen molar-refractivity contribution in [2.75, 3.05) is 19.5 Å². The Hall–Kier alpha value is -3.06. The number of nitrogens with zero attached hydrogens (tertiary/aromatic N) is 1. The average Bonchev–Trinajstić information content (AvgIpc) is 2.62. The molecule has 0 fully saturated rings. The summed E-state index contributed by atoms with van der Waals surface area (Å²) in [5.41, 5.74) is 7.01. The van der Waals surface area contributed by atoms with Crippen molar-refractivity contribution in [2.24, 2.45) is 5.73 Å². The molecule has 3 aromatic rings. The molecule has 0 saturated heterocycles. The van der Waals surface area contributed by atoms with E-state index in [2.05, 4.69) is 10.3 Å². The zero-order chi connectivity index (χ0) is 17.8. The van der Waals surface area contributed by atoms with Gasteiger partial charge in [0.15, 0.2) is 16.6 Å². The Kier molecular flexibility index (Phi) is 4.85. The number of thiocarbonyl (C=S) groups is 1. The largest absolute Gasteiger partial charge is 0.493 e. The van der Waals surface area contributed by atoms with Crippen molar-refractivity contribution in [2.45, 2.75) is 0 Å². The van der Waals surface area contributed by atoms with E-state index in [0.29, 0.717) is 23.0 Å². The molecule has 0 spiro atoms. The maximum Gasteiger partial charge on any atom is 0.168 e. The smallest absolute Gasteiger partial charge is 0.168 e. The Morgan fingerprint density at radius 3 is 2.32 bits per heavy atom. The molecule has 2 aromatic carbocycles. The van der Waals surface area contributed by atoms with Crippen LogP contribution in [0.15, 0.2) is 48.7 Å². The van der Waals surface area contributed by atoms with E-state index in [1.165, 1.54) is 0 Å². The number of anilines is 1. The van der Waals surface area contributed by atoms with Crippen LogP contribution < -0.4 is 25.3 Å². The third kappa shape index (κ3) is 3.72. The molecule has 128 valence electrons. The molecule has 7 heteroatoms. The van der Waals surface area contributed by atoms with E-state index in [9.17, 15) is 0 Å². The molecular formula is C18H17N3O3S. The highest BCUT2D eigenvalue weighted by Crippen LogP contribution is 2.36. The number of rotatable bonds is 5. The number of fused-ring (bicyclic) bond motifs is 1. The minimum absolute atomic E-state index is 0.217. The lowest BCUT2D eigenvalue weighted by Crippen LogP contribution is -2.18.